The van der Waals surface area contributed by atoms with Gasteiger partial charge in [0.1, 0.15) is 4.90 Å². The minimum atomic E-state index is -3.58. The Kier molecular flexibility index (Phi) is 5.48. The molecule has 0 aliphatic rings. The Labute approximate surface area is 114 Å². The standard InChI is InChI=1S/C11H22N4O3S/c1-8(18-4)7-13-19(16,17)11-9(2)14-15(6-5-12)10(11)3/h8,13H,5-7,12H2,1-4H3. The van der Waals surface area contributed by atoms with Crippen molar-refractivity contribution >= 4 is 10.0 Å². The van der Waals surface area contributed by atoms with Gasteiger partial charge in [-0.05, 0) is 20.8 Å². The summed E-state index contributed by atoms with van der Waals surface area (Å²) in [5, 5.41) is 4.20. The fourth-order valence-corrected chi connectivity index (χ4v) is 3.31. The molecular weight excluding hydrogens is 268 g/mol. The summed E-state index contributed by atoms with van der Waals surface area (Å²) in [5.41, 5.74) is 6.54. The summed E-state index contributed by atoms with van der Waals surface area (Å²) in [6, 6.07) is 0. The van der Waals surface area contributed by atoms with Gasteiger partial charge in [0.2, 0.25) is 10.0 Å². The van der Waals surface area contributed by atoms with Crippen molar-refractivity contribution in [1.29, 1.82) is 0 Å². The molecule has 3 N–H and O–H groups in total. The lowest BCUT2D eigenvalue weighted by Gasteiger charge is -2.11. The largest absolute Gasteiger partial charge is 0.380 e. The molecule has 7 nitrogen and oxygen atoms in total. The molecule has 1 rings (SSSR count). The lowest BCUT2D eigenvalue weighted by molar-refractivity contribution is 0.122. The maximum Gasteiger partial charge on any atom is 0.244 e. The van der Waals surface area contributed by atoms with Gasteiger partial charge in [0, 0.05) is 20.2 Å². The van der Waals surface area contributed by atoms with Gasteiger partial charge in [-0.25, -0.2) is 13.1 Å². The van der Waals surface area contributed by atoms with E-state index in [-0.39, 0.29) is 17.5 Å². The second kappa shape index (κ2) is 6.47. The number of aromatic nitrogens is 2. The lowest BCUT2D eigenvalue weighted by Crippen LogP contribution is -2.32. The predicted octanol–water partition coefficient (Wildman–Crippen LogP) is -0.228. The molecule has 8 heteroatoms. The molecule has 19 heavy (non-hydrogen) atoms. The number of sulfonamides is 1. The van der Waals surface area contributed by atoms with Crippen LogP contribution in [0.4, 0.5) is 0 Å². The van der Waals surface area contributed by atoms with E-state index < -0.39 is 10.0 Å². The van der Waals surface area contributed by atoms with Crippen LogP contribution in [-0.2, 0) is 21.3 Å². The zero-order valence-corrected chi connectivity index (χ0v) is 12.6. The van der Waals surface area contributed by atoms with Crippen molar-refractivity contribution in [2.75, 3.05) is 20.2 Å². The molecule has 0 aliphatic carbocycles. The SMILES string of the molecule is COC(C)CNS(=O)(=O)c1c(C)nn(CCN)c1C. The van der Waals surface area contributed by atoms with E-state index in [1.165, 1.54) is 7.11 Å². The van der Waals surface area contributed by atoms with E-state index in [4.69, 9.17) is 10.5 Å². The van der Waals surface area contributed by atoms with Crippen LogP contribution in [0.15, 0.2) is 4.90 Å². The molecule has 110 valence electrons. The molecule has 0 saturated heterocycles. The van der Waals surface area contributed by atoms with Gasteiger partial charge in [-0.15, -0.1) is 0 Å². The van der Waals surface area contributed by atoms with Crippen molar-refractivity contribution < 1.29 is 13.2 Å². The van der Waals surface area contributed by atoms with E-state index >= 15 is 0 Å². The van der Waals surface area contributed by atoms with E-state index in [1.807, 2.05) is 0 Å². The molecule has 0 amide bonds. The number of methoxy groups -OCH3 is 1. The summed E-state index contributed by atoms with van der Waals surface area (Å²) in [4.78, 5) is 0.226. The third-order valence-electron chi connectivity index (χ3n) is 2.89. The normalized spacial score (nSPS) is 13.7. The number of hydrogen-bond acceptors (Lipinski definition) is 5. The number of nitrogens with one attached hydrogen (secondary N) is 1. The third-order valence-corrected chi connectivity index (χ3v) is 4.56. The van der Waals surface area contributed by atoms with Crippen molar-refractivity contribution in [3.63, 3.8) is 0 Å². The highest BCUT2D eigenvalue weighted by molar-refractivity contribution is 7.89. The minimum absolute atomic E-state index is 0.186. The summed E-state index contributed by atoms with van der Waals surface area (Å²) >= 11 is 0. The van der Waals surface area contributed by atoms with Crippen molar-refractivity contribution in [2.45, 2.75) is 38.3 Å². The minimum Gasteiger partial charge on any atom is -0.380 e. The van der Waals surface area contributed by atoms with Crippen molar-refractivity contribution in [3.8, 4) is 0 Å². The number of hydrogen-bond donors (Lipinski definition) is 2. The third kappa shape index (κ3) is 3.75. The van der Waals surface area contributed by atoms with E-state index in [0.29, 0.717) is 24.5 Å². The zero-order valence-electron chi connectivity index (χ0n) is 11.8. The Morgan fingerprint density at radius 1 is 1.47 bits per heavy atom. The Balaban J connectivity index is 3.01. The van der Waals surface area contributed by atoms with Gasteiger partial charge in [0.05, 0.1) is 24.0 Å². The highest BCUT2D eigenvalue weighted by Crippen LogP contribution is 2.18. The first-order valence-corrected chi connectivity index (χ1v) is 7.58. The molecule has 1 heterocycles. The molecular formula is C11H22N4O3S. The van der Waals surface area contributed by atoms with Gasteiger partial charge in [-0.3, -0.25) is 4.68 Å². The highest BCUT2D eigenvalue weighted by atomic mass is 32.2. The van der Waals surface area contributed by atoms with Crippen molar-refractivity contribution in [2.24, 2.45) is 5.73 Å². The Bertz CT molecular complexity index is 524. The van der Waals surface area contributed by atoms with Gasteiger partial charge in [0.15, 0.2) is 0 Å². The summed E-state index contributed by atoms with van der Waals surface area (Å²) in [5.74, 6) is 0. The van der Waals surface area contributed by atoms with Gasteiger partial charge in [-0.2, -0.15) is 5.10 Å². The molecule has 0 spiro atoms. The maximum absolute atomic E-state index is 12.3. The van der Waals surface area contributed by atoms with E-state index in [0.717, 1.165) is 0 Å². The first-order chi connectivity index (χ1) is 8.83. The monoisotopic (exact) mass is 290 g/mol. The maximum atomic E-state index is 12.3. The molecule has 1 unspecified atom stereocenters. The van der Waals surface area contributed by atoms with Gasteiger partial charge >= 0.3 is 0 Å². The van der Waals surface area contributed by atoms with Crippen LogP contribution in [-0.4, -0.2) is 44.5 Å². The van der Waals surface area contributed by atoms with E-state index in [9.17, 15) is 8.42 Å². The summed E-state index contributed by atoms with van der Waals surface area (Å²) < 4.78 is 33.7. The fraction of sp³-hybridized carbons (Fsp3) is 0.727. The predicted molar refractivity (Wildman–Crippen MR) is 72.4 cm³/mol. The average Bonchev–Trinajstić information content (AvgIpc) is 2.62. The molecule has 1 aromatic heterocycles. The average molecular weight is 290 g/mol. The van der Waals surface area contributed by atoms with Crippen LogP contribution in [0.3, 0.4) is 0 Å². The van der Waals surface area contributed by atoms with E-state index in [1.54, 1.807) is 25.5 Å². The Morgan fingerprint density at radius 2 is 2.11 bits per heavy atom. The van der Waals surface area contributed by atoms with Crippen LogP contribution < -0.4 is 10.5 Å². The number of ether oxygens (including phenoxy) is 1. The molecule has 0 bridgehead atoms. The highest BCUT2D eigenvalue weighted by Gasteiger charge is 2.24. The molecule has 0 fully saturated rings. The van der Waals surface area contributed by atoms with Crippen LogP contribution >= 0.6 is 0 Å². The second-order valence-corrected chi connectivity index (χ2v) is 6.11. The quantitative estimate of drug-likeness (QED) is 0.723. The molecule has 0 aliphatic heterocycles. The number of aryl methyl sites for hydroxylation is 1. The smallest absolute Gasteiger partial charge is 0.244 e. The summed E-state index contributed by atoms with van der Waals surface area (Å²) in [7, 11) is -2.04. The zero-order chi connectivity index (χ0) is 14.6. The van der Waals surface area contributed by atoms with Gasteiger partial charge < -0.3 is 10.5 Å². The van der Waals surface area contributed by atoms with Crippen LogP contribution in [0.1, 0.15) is 18.3 Å². The molecule has 1 aromatic rings. The Morgan fingerprint density at radius 3 is 2.63 bits per heavy atom. The number of rotatable bonds is 7. The van der Waals surface area contributed by atoms with Crippen LogP contribution in [0.2, 0.25) is 0 Å². The van der Waals surface area contributed by atoms with E-state index in [2.05, 4.69) is 9.82 Å². The lowest BCUT2D eigenvalue weighted by atomic mass is 10.4. The molecule has 0 saturated carbocycles. The topological polar surface area (TPSA) is 99.2 Å². The number of nitrogens with zero attached hydrogens (tertiary/aromatic N) is 2. The fourth-order valence-electron chi connectivity index (χ4n) is 1.79. The molecule has 1 atom stereocenters. The summed E-state index contributed by atoms with van der Waals surface area (Å²) in [6.45, 7) is 6.32. The number of nitrogens with two attached hydrogens (primary N) is 1. The van der Waals surface area contributed by atoms with Gasteiger partial charge in [-0.1, -0.05) is 0 Å². The molecule has 0 aromatic carbocycles. The van der Waals surface area contributed by atoms with Crippen LogP contribution in [0, 0.1) is 13.8 Å². The Hall–Kier alpha value is -0.960. The van der Waals surface area contributed by atoms with Crippen LogP contribution in [0.5, 0.6) is 0 Å². The second-order valence-electron chi connectivity index (χ2n) is 4.41. The van der Waals surface area contributed by atoms with Gasteiger partial charge in [0.25, 0.3) is 0 Å². The molecule has 0 radical (unpaired) electrons. The first-order valence-electron chi connectivity index (χ1n) is 6.10. The summed E-state index contributed by atoms with van der Waals surface area (Å²) in [6.07, 6.45) is -0.186. The van der Waals surface area contributed by atoms with Crippen molar-refractivity contribution in [3.05, 3.63) is 11.4 Å². The van der Waals surface area contributed by atoms with Crippen molar-refractivity contribution in [1.82, 2.24) is 14.5 Å². The first kappa shape index (κ1) is 16.1. The van der Waals surface area contributed by atoms with Crippen LogP contribution in [0.25, 0.3) is 0 Å².